The minimum absolute atomic E-state index is 0.0805. The molecule has 0 aliphatic rings. The van der Waals surface area contributed by atoms with Gasteiger partial charge in [0.15, 0.2) is 0 Å². The Balaban J connectivity index is 2.29. The SMILES string of the molecule is CCCNC(Cc1c(F)ccc(Br)c1F)c1csc(I)c1. The molecule has 1 nitrogen and oxygen atoms in total. The highest BCUT2D eigenvalue weighted by molar-refractivity contribution is 14.1. The molecule has 0 amide bonds. The van der Waals surface area contributed by atoms with Crippen LogP contribution < -0.4 is 5.32 Å². The van der Waals surface area contributed by atoms with E-state index in [-0.39, 0.29) is 11.6 Å². The van der Waals surface area contributed by atoms with E-state index in [9.17, 15) is 8.78 Å². The first-order valence-corrected chi connectivity index (χ1v) is 9.37. The molecule has 0 spiro atoms. The Kier molecular flexibility index (Phi) is 6.58. The molecule has 0 saturated heterocycles. The lowest BCUT2D eigenvalue weighted by atomic mass is 10.00. The summed E-state index contributed by atoms with van der Waals surface area (Å²) in [5.74, 6) is -1.01. The number of rotatable bonds is 6. The second-order valence-corrected chi connectivity index (χ2v) is 8.38. The topological polar surface area (TPSA) is 12.0 Å². The molecule has 2 aromatic rings. The monoisotopic (exact) mass is 485 g/mol. The zero-order chi connectivity index (χ0) is 15.4. The summed E-state index contributed by atoms with van der Waals surface area (Å²) in [4.78, 5) is 0. The summed E-state index contributed by atoms with van der Waals surface area (Å²) < 4.78 is 29.6. The molecule has 0 aliphatic heterocycles. The van der Waals surface area contributed by atoms with E-state index in [1.165, 1.54) is 15.0 Å². The maximum absolute atomic E-state index is 14.2. The normalized spacial score (nSPS) is 12.6. The van der Waals surface area contributed by atoms with Gasteiger partial charge in [-0.15, -0.1) is 11.3 Å². The van der Waals surface area contributed by atoms with Gasteiger partial charge in [0.05, 0.1) is 7.36 Å². The summed E-state index contributed by atoms with van der Waals surface area (Å²) in [6, 6.07) is 4.68. The number of nitrogens with one attached hydrogen (secondary N) is 1. The van der Waals surface area contributed by atoms with E-state index in [1.54, 1.807) is 11.3 Å². The summed E-state index contributed by atoms with van der Waals surface area (Å²) in [6.45, 7) is 2.88. The van der Waals surface area contributed by atoms with Crippen LogP contribution in [0, 0.1) is 14.5 Å². The highest BCUT2D eigenvalue weighted by Crippen LogP contribution is 2.29. The van der Waals surface area contributed by atoms with Crippen LogP contribution in [-0.4, -0.2) is 6.54 Å². The minimum atomic E-state index is -0.511. The van der Waals surface area contributed by atoms with Crippen molar-refractivity contribution in [3.63, 3.8) is 0 Å². The van der Waals surface area contributed by atoms with Crippen molar-refractivity contribution < 1.29 is 8.78 Å². The molecule has 1 aromatic heterocycles. The molecule has 6 heteroatoms. The fourth-order valence-electron chi connectivity index (χ4n) is 2.09. The van der Waals surface area contributed by atoms with Gasteiger partial charge in [-0.2, -0.15) is 0 Å². The second-order valence-electron chi connectivity index (χ2n) is 4.72. The zero-order valence-corrected chi connectivity index (χ0v) is 16.0. The third-order valence-electron chi connectivity index (χ3n) is 3.18. The van der Waals surface area contributed by atoms with Crippen LogP contribution >= 0.6 is 49.9 Å². The lowest BCUT2D eigenvalue weighted by Crippen LogP contribution is -2.24. The van der Waals surface area contributed by atoms with Gasteiger partial charge in [-0.05, 0) is 87.0 Å². The van der Waals surface area contributed by atoms with Gasteiger partial charge in [0.25, 0.3) is 0 Å². The van der Waals surface area contributed by atoms with Crippen molar-refractivity contribution in [2.75, 3.05) is 6.54 Å². The molecule has 21 heavy (non-hydrogen) atoms. The van der Waals surface area contributed by atoms with E-state index in [0.29, 0.717) is 10.9 Å². The molecule has 0 aliphatic carbocycles. The first kappa shape index (κ1) is 17.3. The molecule has 0 saturated carbocycles. The molecular weight excluding hydrogens is 471 g/mol. The van der Waals surface area contributed by atoms with Gasteiger partial charge in [-0.25, -0.2) is 8.78 Å². The van der Waals surface area contributed by atoms with Gasteiger partial charge in [-0.1, -0.05) is 6.92 Å². The standard InChI is InChI=1S/C15H15BrF2INS/c1-2-5-20-13(9-6-14(19)21-8-9)7-10-12(17)4-3-11(16)15(10)18/h3-4,6,8,13,20H,2,5,7H2,1H3. The van der Waals surface area contributed by atoms with E-state index in [2.05, 4.69) is 56.8 Å². The molecule has 1 N–H and O–H groups in total. The predicted octanol–water partition coefficient (Wildman–Crippen LogP) is 5.68. The highest BCUT2D eigenvalue weighted by atomic mass is 127. The van der Waals surface area contributed by atoms with E-state index in [4.69, 9.17) is 0 Å². The molecule has 0 fully saturated rings. The van der Waals surface area contributed by atoms with Crippen LogP contribution in [0.5, 0.6) is 0 Å². The van der Waals surface area contributed by atoms with E-state index < -0.39 is 11.6 Å². The third-order valence-corrected chi connectivity index (χ3v) is 5.60. The Morgan fingerprint density at radius 1 is 1.38 bits per heavy atom. The van der Waals surface area contributed by atoms with E-state index >= 15 is 0 Å². The maximum Gasteiger partial charge on any atom is 0.143 e. The van der Waals surface area contributed by atoms with Crippen molar-refractivity contribution in [3.05, 3.63) is 53.7 Å². The Bertz CT molecular complexity index is 618. The first-order chi connectivity index (χ1) is 10.0. The van der Waals surface area contributed by atoms with Gasteiger partial charge < -0.3 is 5.32 Å². The third kappa shape index (κ3) is 4.46. The first-order valence-electron chi connectivity index (χ1n) is 6.62. The van der Waals surface area contributed by atoms with E-state index in [1.807, 2.05) is 5.38 Å². The van der Waals surface area contributed by atoms with Crippen LogP contribution in [0.15, 0.2) is 28.1 Å². The van der Waals surface area contributed by atoms with Crippen LogP contribution in [-0.2, 0) is 6.42 Å². The maximum atomic E-state index is 14.2. The van der Waals surface area contributed by atoms with Crippen molar-refractivity contribution in [1.82, 2.24) is 5.32 Å². The average Bonchev–Trinajstić information content (AvgIpc) is 2.89. The lowest BCUT2D eigenvalue weighted by Gasteiger charge is -2.18. The summed E-state index contributed by atoms with van der Waals surface area (Å²) >= 11 is 7.02. The van der Waals surface area contributed by atoms with E-state index in [0.717, 1.165) is 18.5 Å². The molecule has 114 valence electrons. The smallest absolute Gasteiger partial charge is 0.143 e. The van der Waals surface area contributed by atoms with Crippen molar-refractivity contribution in [1.29, 1.82) is 0 Å². The van der Waals surface area contributed by atoms with Crippen LogP contribution in [0.4, 0.5) is 8.78 Å². The minimum Gasteiger partial charge on any atom is -0.310 e. The van der Waals surface area contributed by atoms with Gasteiger partial charge >= 0.3 is 0 Å². The Hall–Kier alpha value is -0.0500. The summed E-state index contributed by atoms with van der Waals surface area (Å²) in [6.07, 6.45) is 1.27. The van der Waals surface area contributed by atoms with Gasteiger partial charge in [0.2, 0.25) is 0 Å². The molecule has 1 atom stereocenters. The Morgan fingerprint density at radius 3 is 2.76 bits per heavy atom. The number of halogens is 4. The fraction of sp³-hybridized carbons (Fsp3) is 0.333. The average molecular weight is 486 g/mol. The predicted molar refractivity (Wildman–Crippen MR) is 95.8 cm³/mol. The van der Waals surface area contributed by atoms with Crippen LogP contribution in [0.3, 0.4) is 0 Å². The van der Waals surface area contributed by atoms with Gasteiger partial charge in [0.1, 0.15) is 11.6 Å². The highest BCUT2D eigenvalue weighted by Gasteiger charge is 2.19. The van der Waals surface area contributed by atoms with Crippen molar-refractivity contribution in [3.8, 4) is 0 Å². The molecule has 1 aromatic carbocycles. The van der Waals surface area contributed by atoms with Gasteiger partial charge in [-0.3, -0.25) is 0 Å². The lowest BCUT2D eigenvalue weighted by molar-refractivity contribution is 0.489. The van der Waals surface area contributed by atoms with Crippen LogP contribution in [0.25, 0.3) is 0 Å². The van der Waals surface area contributed by atoms with Crippen molar-refractivity contribution in [2.24, 2.45) is 0 Å². The van der Waals surface area contributed by atoms with Crippen molar-refractivity contribution in [2.45, 2.75) is 25.8 Å². The van der Waals surface area contributed by atoms with Crippen molar-refractivity contribution >= 4 is 49.9 Å². The number of hydrogen-bond acceptors (Lipinski definition) is 2. The number of hydrogen-bond donors (Lipinski definition) is 1. The molecule has 0 bridgehead atoms. The van der Waals surface area contributed by atoms with Crippen LogP contribution in [0.1, 0.15) is 30.5 Å². The molecule has 0 radical (unpaired) electrons. The molecule has 1 unspecified atom stereocenters. The number of thiophene rings is 1. The molecular formula is C15H15BrF2INS. The largest absolute Gasteiger partial charge is 0.310 e. The molecule has 1 heterocycles. The summed E-state index contributed by atoms with van der Waals surface area (Å²) in [5.41, 5.74) is 1.20. The molecule has 2 rings (SSSR count). The fourth-order valence-corrected chi connectivity index (χ4v) is 3.89. The Labute approximate surface area is 149 Å². The zero-order valence-electron chi connectivity index (χ0n) is 11.4. The number of benzene rings is 1. The second kappa shape index (κ2) is 7.99. The summed E-state index contributed by atoms with van der Waals surface area (Å²) in [5, 5.41) is 5.42. The summed E-state index contributed by atoms with van der Waals surface area (Å²) in [7, 11) is 0. The quantitative estimate of drug-likeness (QED) is 0.410. The van der Waals surface area contributed by atoms with Gasteiger partial charge in [0, 0.05) is 11.6 Å². The van der Waals surface area contributed by atoms with Crippen LogP contribution in [0.2, 0.25) is 0 Å². The Morgan fingerprint density at radius 2 is 2.14 bits per heavy atom.